The molecular weight excluding hydrogens is 148 g/mol. The summed E-state index contributed by atoms with van der Waals surface area (Å²) in [4.78, 5) is 0. The van der Waals surface area contributed by atoms with Crippen molar-refractivity contribution in [2.24, 2.45) is 5.92 Å². The summed E-state index contributed by atoms with van der Waals surface area (Å²) in [7, 11) is 0. The van der Waals surface area contributed by atoms with Crippen LogP contribution < -0.4 is 0 Å². The maximum absolute atomic E-state index is 8.43. The van der Waals surface area contributed by atoms with E-state index in [1.807, 2.05) is 18.2 Å². The minimum absolute atomic E-state index is 0.434. The molecule has 0 radical (unpaired) electrons. The van der Waals surface area contributed by atoms with E-state index in [2.05, 4.69) is 13.0 Å². The van der Waals surface area contributed by atoms with Gasteiger partial charge >= 0.3 is 0 Å². The van der Waals surface area contributed by atoms with Crippen molar-refractivity contribution in [3.63, 3.8) is 0 Å². The first-order chi connectivity index (χ1) is 5.85. The molecule has 0 aliphatic carbocycles. The second kappa shape index (κ2) is 7.82. The van der Waals surface area contributed by atoms with Crippen molar-refractivity contribution in [2.45, 2.75) is 32.6 Å². The fourth-order valence-corrected chi connectivity index (χ4v) is 0.823. The quantitative estimate of drug-likeness (QED) is 0.583. The Labute approximate surface area is 74.1 Å². The monoisotopic (exact) mass is 162 g/mol. The Balaban J connectivity index is 3.44. The third kappa shape index (κ3) is 5.50. The summed E-state index contributed by atoms with van der Waals surface area (Å²) in [6.45, 7) is 2.12. The molecular formula is C10H14N2. The highest BCUT2D eigenvalue weighted by Gasteiger charge is 2.01. The molecule has 12 heavy (non-hydrogen) atoms. The average Bonchev–Trinajstić information content (AvgIpc) is 2.11. The van der Waals surface area contributed by atoms with Gasteiger partial charge in [-0.3, -0.25) is 0 Å². The van der Waals surface area contributed by atoms with Gasteiger partial charge < -0.3 is 0 Å². The van der Waals surface area contributed by atoms with Gasteiger partial charge in [0.2, 0.25) is 0 Å². The van der Waals surface area contributed by atoms with Crippen LogP contribution in [0.2, 0.25) is 0 Å². The van der Waals surface area contributed by atoms with Crippen LogP contribution in [-0.2, 0) is 0 Å². The van der Waals surface area contributed by atoms with Gasteiger partial charge in [0.05, 0.1) is 12.1 Å². The molecule has 0 bridgehead atoms. The summed E-state index contributed by atoms with van der Waals surface area (Å²) in [5, 5.41) is 16.9. The topological polar surface area (TPSA) is 47.6 Å². The van der Waals surface area contributed by atoms with Gasteiger partial charge in [0, 0.05) is 0 Å². The van der Waals surface area contributed by atoms with Crippen molar-refractivity contribution >= 4 is 0 Å². The molecule has 0 unspecified atom stereocenters. The first-order valence-electron chi connectivity index (χ1n) is 4.29. The lowest BCUT2D eigenvalue weighted by Gasteiger charge is -1.93. The zero-order chi connectivity index (χ0) is 9.23. The second-order valence-corrected chi connectivity index (χ2v) is 2.65. The lowest BCUT2D eigenvalue weighted by Crippen LogP contribution is -1.90. The molecule has 0 fully saturated rings. The predicted octanol–water partition coefficient (Wildman–Crippen LogP) is 2.79. The van der Waals surface area contributed by atoms with E-state index in [0.29, 0.717) is 6.42 Å². The molecule has 0 rings (SSSR count). The molecule has 0 spiro atoms. The molecule has 0 N–H and O–H groups in total. The number of hydrogen-bond donors (Lipinski definition) is 0. The van der Waals surface area contributed by atoms with Gasteiger partial charge in [-0.15, -0.1) is 0 Å². The minimum Gasteiger partial charge on any atom is -0.197 e. The second-order valence-electron chi connectivity index (χ2n) is 2.65. The number of nitriles is 2. The van der Waals surface area contributed by atoms with Crippen LogP contribution in [0.5, 0.6) is 0 Å². The Hall–Kier alpha value is -1.28. The molecule has 0 heterocycles. The van der Waals surface area contributed by atoms with Crippen LogP contribution in [0.4, 0.5) is 0 Å². The minimum atomic E-state index is -0.434. The maximum Gasteiger partial charge on any atom is 0.133 e. The third-order valence-electron chi connectivity index (χ3n) is 1.56. The van der Waals surface area contributed by atoms with E-state index in [4.69, 9.17) is 10.5 Å². The Morgan fingerprint density at radius 2 is 1.75 bits per heavy atom. The molecule has 0 saturated carbocycles. The lowest BCUT2D eigenvalue weighted by molar-refractivity contribution is 0.744. The molecule has 64 valence electrons. The average molecular weight is 162 g/mol. The SMILES string of the molecule is CCC/C=C/CCC(C#N)C#N. The van der Waals surface area contributed by atoms with Gasteiger partial charge in [0.15, 0.2) is 0 Å². The maximum atomic E-state index is 8.43. The van der Waals surface area contributed by atoms with Gasteiger partial charge in [-0.2, -0.15) is 10.5 Å². The van der Waals surface area contributed by atoms with E-state index in [-0.39, 0.29) is 0 Å². The summed E-state index contributed by atoms with van der Waals surface area (Å²) in [6.07, 6.45) is 7.89. The van der Waals surface area contributed by atoms with Gasteiger partial charge in [0.1, 0.15) is 5.92 Å². The molecule has 0 aromatic heterocycles. The number of hydrogen-bond acceptors (Lipinski definition) is 2. The Morgan fingerprint density at radius 3 is 2.25 bits per heavy atom. The largest absolute Gasteiger partial charge is 0.197 e. The van der Waals surface area contributed by atoms with E-state index in [0.717, 1.165) is 19.3 Å². The van der Waals surface area contributed by atoms with Crippen LogP contribution in [0.25, 0.3) is 0 Å². The zero-order valence-electron chi connectivity index (χ0n) is 7.45. The first-order valence-corrected chi connectivity index (χ1v) is 4.29. The van der Waals surface area contributed by atoms with Crippen LogP contribution in [0.1, 0.15) is 32.6 Å². The fourth-order valence-electron chi connectivity index (χ4n) is 0.823. The number of rotatable bonds is 5. The van der Waals surface area contributed by atoms with Gasteiger partial charge in [0.25, 0.3) is 0 Å². The van der Waals surface area contributed by atoms with Crippen LogP contribution in [0.3, 0.4) is 0 Å². The highest BCUT2D eigenvalue weighted by molar-refractivity contribution is 4.99. The Bertz CT molecular complexity index is 191. The summed E-state index contributed by atoms with van der Waals surface area (Å²) in [5.74, 6) is -0.434. The van der Waals surface area contributed by atoms with E-state index < -0.39 is 5.92 Å². The molecule has 0 aromatic carbocycles. The summed E-state index contributed by atoms with van der Waals surface area (Å²) in [6, 6.07) is 3.90. The molecule has 0 amide bonds. The number of nitrogens with zero attached hydrogens (tertiary/aromatic N) is 2. The van der Waals surface area contributed by atoms with E-state index in [1.54, 1.807) is 0 Å². The van der Waals surface area contributed by atoms with Gasteiger partial charge in [-0.25, -0.2) is 0 Å². The fraction of sp³-hybridized carbons (Fsp3) is 0.600. The van der Waals surface area contributed by atoms with Crippen molar-refractivity contribution in [3.05, 3.63) is 12.2 Å². The molecule has 2 nitrogen and oxygen atoms in total. The zero-order valence-corrected chi connectivity index (χ0v) is 7.45. The molecule has 0 atom stereocenters. The summed E-state index contributed by atoms with van der Waals surface area (Å²) >= 11 is 0. The molecule has 0 aliphatic rings. The molecule has 0 aromatic rings. The van der Waals surface area contributed by atoms with Crippen LogP contribution in [0.15, 0.2) is 12.2 Å². The normalized spacial score (nSPS) is 10.0. The smallest absolute Gasteiger partial charge is 0.133 e. The van der Waals surface area contributed by atoms with Crippen molar-refractivity contribution in [1.82, 2.24) is 0 Å². The molecule has 0 saturated heterocycles. The predicted molar refractivity (Wildman–Crippen MR) is 48.0 cm³/mol. The van der Waals surface area contributed by atoms with Crippen molar-refractivity contribution in [2.75, 3.05) is 0 Å². The van der Waals surface area contributed by atoms with E-state index in [9.17, 15) is 0 Å². The Morgan fingerprint density at radius 1 is 1.17 bits per heavy atom. The van der Waals surface area contributed by atoms with E-state index >= 15 is 0 Å². The van der Waals surface area contributed by atoms with E-state index in [1.165, 1.54) is 0 Å². The molecule has 2 heteroatoms. The highest BCUT2D eigenvalue weighted by atomic mass is 14.3. The lowest BCUT2D eigenvalue weighted by atomic mass is 10.1. The van der Waals surface area contributed by atoms with Crippen LogP contribution in [-0.4, -0.2) is 0 Å². The summed E-state index contributed by atoms with van der Waals surface area (Å²) in [5.41, 5.74) is 0. The van der Waals surface area contributed by atoms with Gasteiger partial charge in [-0.1, -0.05) is 25.5 Å². The number of allylic oxidation sites excluding steroid dienone is 2. The van der Waals surface area contributed by atoms with Gasteiger partial charge in [-0.05, 0) is 19.3 Å². The van der Waals surface area contributed by atoms with Crippen molar-refractivity contribution < 1.29 is 0 Å². The van der Waals surface area contributed by atoms with Crippen molar-refractivity contribution in [1.29, 1.82) is 10.5 Å². The molecule has 0 aliphatic heterocycles. The first kappa shape index (κ1) is 10.7. The Kier molecular flexibility index (Phi) is 6.99. The highest BCUT2D eigenvalue weighted by Crippen LogP contribution is 2.04. The summed E-state index contributed by atoms with van der Waals surface area (Å²) < 4.78 is 0. The van der Waals surface area contributed by atoms with Crippen LogP contribution in [0, 0.1) is 28.6 Å². The third-order valence-corrected chi connectivity index (χ3v) is 1.56. The number of unbranched alkanes of at least 4 members (excludes halogenated alkanes) is 1. The van der Waals surface area contributed by atoms with Crippen molar-refractivity contribution in [3.8, 4) is 12.1 Å². The van der Waals surface area contributed by atoms with Crippen LogP contribution >= 0.6 is 0 Å². The standard InChI is InChI=1S/C10H14N2/c1-2-3-4-5-6-7-10(8-11)9-12/h4-5,10H,2-3,6-7H2,1H3/b5-4+.